The summed E-state index contributed by atoms with van der Waals surface area (Å²) in [6.45, 7) is 2.21. The predicted molar refractivity (Wildman–Crippen MR) is 67.7 cm³/mol. The molecule has 1 aromatic carbocycles. The summed E-state index contributed by atoms with van der Waals surface area (Å²) in [5.74, 6) is 1.97. The predicted octanol–water partition coefficient (Wildman–Crippen LogP) is 3.56. The Morgan fingerprint density at radius 1 is 1.33 bits per heavy atom. The second-order valence-corrected chi connectivity index (χ2v) is 4.60. The van der Waals surface area contributed by atoms with Crippen molar-refractivity contribution < 1.29 is 4.74 Å². The first-order valence-electron chi connectivity index (χ1n) is 5.34. The van der Waals surface area contributed by atoms with Crippen LogP contribution in [-0.4, -0.2) is 12.9 Å². The van der Waals surface area contributed by atoms with Gasteiger partial charge in [-0.2, -0.15) is 0 Å². The van der Waals surface area contributed by atoms with Crippen LogP contribution in [0, 0.1) is 0 Å². The van der Waals surface area contributed by atoms with Crippen LogP contribution in [0.15, 0.2) is 23.1 Å². The molecule has 0 saturated carbocycles. The van der Waals surface area contributed by atoms with Crippen LogP contribution < -0.4 is 10.5 Å². The smallest absolute Gasteiger partial charge is 0.120 e. The first kappa shape index (κ1) is 12.2. The molecule has 0 atom stereocenters. The van der Waals surface area contributed by atoms with Crippen LogP contribution in [0.2, 0.25) is 0 Å². The van der Waals surface area contributed by atoms with Crippen molar-refractivity contribution in [2.45, 2.75) is 31.1 Å². The summed E-state index contributed by atoms with van der Waals surface area (Å²) in [7, 11) is 1.66. The van der Waals surface area contributed by atoms with E-state index in [-0.39, 0.29) is 0 Å². The number of thioether (sulfide) groups is 1. The Hall–Kier alpha value is -0.830. The van der Waals surface area contributed by atoms with E-state index < -0.39 is 0 Å². The molecule has 0 aliphatic carbocycles. The normalized spacial score (nSPS) is 10.3. The number of hydrogen-bond acceptors (Lipinski definition) is 3. The van der Waals surface area contributed by atoms with E-state index in [1.807, 2.05) is 30.0 Å². The maximum atomic E-state index is 5.91. The number of rotatable bonds is 6. The highest BCUT2D eigenvalue weighted by molar-refractivity contribution is 7.99. The topological polar surface area (TPSA) is 35.2 Å². The molecule has 0 unspecified atom stereocenters. The Morgan fingerprint density at radius 3 is 2.73 bits per heavy atom. The van der Waals surface area contributed by atoms with Crippen molar-refractivity contribution in [3.05, 3.63) is 18.2 Å². The quantitative estimate of drug-likeness (QED) is 0.457. The van der Waals surface area contributed by atoms with Crippen LogP contribution in [0.3, 0.4) is 0 Å². The highest BCUT2D eigenvalue weighted by atomic mass is 32.2. The summed E-state index contributed by atoms with van der Waals surface area (Å²) in [5, 5.41) is 0. The highest BCUT2D eigenvalue weighted by Gasteiger charge is 2.01. The van der Waals surface area contributed by atoms with E-state index in [2.05, 4.69) is 6.92 Å². The van der Waals surface area contributed by atoms with E-state index in [0.29, 0.717) is 0 Å². The average molecular weight is 225 g/mol. The van der Waals surface area contributed by atoms with Crippen LogP contribution in [0.25, 0.3) is 0 Å². The van der Waals surface area contributed by atoms with Gasteiger partial charge in [0.1, 0.15) is 5.75 Å². The maximum absolute atomic E-state index is 5.91. The number of nitrogen functional groups attached to an aromatic ring is 1. The van der Waals surface area contributed by atoms with E-state index in [4.69, 9.17) is 10.5 Å². The molecule has 0 aliphatic rings. The van der Waals surface area contributed by atoms with E-state index in [1.54, 1.807) is 7.11 Å². The van der Waals surface area contributed by atoms with Gasteiger partial charge in [0.25, 0.3) is 0 Å². The third-order valence-electron chi connectivity index (χ3n) is 2.22. The van der Waals surface area contributed by atoms with Crippen molar-refractivity contribution in [1.82, 2.24) is 0 Å². The third-order valence-corrected chi connectivity index (χ3v) is 3.40. The molecular formula is C12H19NOS. The summed E-state index contributed by atoms with van der Waals surface area (Å²) in [6.07, 6.45) is 3.81. The van der Waals surface area contributed by atoms with Crippen molar-refractivity contribution in [3.8, 4) is 5.75 Å². The van der Waals surface area contributed by atoms with E-state index in [9.17, 15) is 0 Å². The number of ether oxygens (including phenoxy) is 1. The Morgan fingerprint density at radius 2 is 2.13 bits per heavy atom. The Labute approximate surface area is 96.2 Å². The van der Waals surface area contributed by atoms with Gasteiger partial charge in [-0.1, -0.05) is 19.8 Å². The van der Waals surface area contributed by atoms with Gasteiger partial charge in [-0.3, -0.25) is 0 Å². The summed E-state index contributed by atoms with van der Waals surface area (Å²) >= 11 is 1.83. The van der Waals surface area contributed by atoms with Crippen molar-refractivity contribution in [1.29, 1.82) is 0 Å². The van der Waals surface area contributed by atoms with Crippen molar-refractivity contribution in [2.24, 2.45) is 0 Å². The molecule has 2 N–H and O–H groups in total. The Kier molecular flexibility index (Phi) is 5.40. The average Bonchev–Trinajstić information content (AvgIpc) is 2.26. The Bertz CT molecular complexity index is 302. The first-order chi connectivity index (χ1) is 7.27. The monoisotopic (exact) mass is 225 g/mol. The number of nitrogens with two attached hydrogens (primary N) is 1. The molecule has 0 aliphatic heterocycles. The summed E-state index contributed by atoms with van der Waals surface area (Å²) < 4.78 is 5.10. The molecule has 1 aromatic rings. The fourth-order valence-corrected chi connectivity index (χ4v) is 2.28. The lowest BCUT2D eigenvalue weighted by atomic mass is 10.3. The molecule has 0 radical (unpaired) electrons. The van der Waals surface area contributed by atoms with Crippen molar-refractivity contribution in [3.63, 3.8) is 0 Å². The summed E-state index contributed by atoms with van der Waals surface area (Å²) in [5.41, 5.74) is 6.73. The van der Waals surface area contributed by atoms with Gasteiger partial charge in [-0.25, -0.2) is 0 Å². The molecule has 0 bridgehead atoms. The number of methoxy groups -OCH3 is 1. The molecule has 0 heterocycles. The number of anilines is 1. The second-order valence-electron chi connectivity index (χ2n) is 3.46. The summed E-state index contributed by atoms with van der Waals surface area (Å²) in [4.78, 5) is 1.16. The maximum Gasteiger partial charge on any atom is 0.120 e. The lowest BCUT2D eigenvalue weighted by Crippen LogP contribution is -1.91. The molecule has 84 valence electrons. The van der Waals surface area contributed by atoms with Crippen molar-refractivity contribution >= 4 is 17.4 Å². The number of unbranched alkanes of at least 4 members (excludes halogenated alkanes) is 2. The minimum atomic E-state index is 0.816. The van der Waals surface area contributed by atoms with Gasteiger partial charge in [0, 0.05) is 16.6 Å². The van der Waals surface area contributed by atoms with E-state index in [0.717, 1.165) is 22.1 Å². The zero-order valence-corrected chi connectivity index (χ0v) is 10.3. The standard InChI is InChI=1S/C12H19NOS/c1-3-4-5-8-15-12-7-6-10(14-2)9-11(12)13/h6-7,9H,3-5,8,13H2,1-2H3. The number of hydrogen-bond donors (Lipinski definition) is 1. The SMILES string of the molecule is CCCCCSc1ccc(OC)cc1N. The zero-order valence-electron chi connectivity index (χ0n) is 9.45. The fraction of sp³-hybridized carbons (Fsp3) is 0.500. The van der Waals surface area contributed by atoms with Gasteiger partial charge in [0.05, 0.1) is 7.11 Å². The van der Waals surface area contributed by atoms with Gasteiger partial charge in [0.2, 0.25) is 0 Å². The molecule has 0 spiro atoms. The van der Waals surface area contributed by atoms with Gasteiger partial charge >= 0.3 is 0 Å². The van der Waals surface area contributed by atoms with Crippen LogP contribution in [0.1, 0.15) is 26.2 Å². The number of benzene rings is 1. The molecule has 0 fully saturated rings. The molecule has 15 heavy (non-hydrogen) atoms. The second kappa shape index (κ2) is 6.62. The van der Waals surface area contributed by atoms with Crippen LogP contribution in [-0.2, 0) is 0 Å². The highest BCUT2D eigenvalue weighted by Crippen LogP contribution is 2.29. The molecule has 0 saturated heterocycles. The van der Waals surface area contributed by atoms with E-state index >= 15 is 0 Å². The zero-order chi connectivity index (χ0) is 11.1. The van der Waals surface area contributed by atoms with Crippen molar-refractivity contribution in [2.75, 3.05) is 18.6 Å². The van der Waals surface area contributed by atoms with Crippen LogP contribution >= 0.6 is 11.8 Å². The summed E-state index contributed by atoms with van der Waals surface area (Å²) in [6, 6.07) is 5.87. The van der Waals surface area contributed by atoms with E-state index in [1.165, 1.54) is 19.3 Å². The third kappa shape index (κ3) is 4.04. The van der Waals surface area contributed by atoms with Gasteiger partial charge in [-0.05, 0) is 24.3 Å². The fourth-order valence-electron chi connectivity index (χ4n) is 1.32. The molecular weight excluding hydrogens is 206 g/mol. The van der Waals surface area contributed by atoms with Crippen LogP contribution in [0.4, 0.5) is 5.69 Å². The van der Waals surface area contributed by atoms with Crippen LogP contribution in [0.5, 0.6) is 5.75 Å². The van der Waals surface area contributed by atoms with Gasteiger partial charge in [-0.15, -0.1) is 11.8 Å². The Balaban J connectivity index is 2.47. The minimum absolute atomic E-state index is 0.816. The first-order valence-corrected chi connectivity index (χ1v) is 6.32. The van der Waals surface area contributed by atoms with Gasteiger partial charge in [0.15, 0.2) is 0 Å². The molecule has 2 nitrogen and oxygen atoms in total. The molecule has 3 heteroatoms. The largest absolute Gasteiger partial charge is 0.497 e. The van der Waals surface area contributed by atoms with Gasteiger partial charge < -0.3 is 10.5 Å². The molecule has 0 amide bonds. The lowest BCUT2D eigenvalue weighted by molar-refractivity contribution is 0.415. The molecule has 1 rings (SSSR count). The lowest BCUT2D eigenvalue weighted by Gasteiger charge is -2.07. The minimum Gasteiger partial charge on any atom is -0.497 e. The molecule has 0 aromatic heterocycles.